The highest BCUT2D eigenvalue weighted by Gasteiger charge is 2.23. The Morgan fingerprint density at radius 2 is 1.92 bits per heavy atom. The lowest BCUT2D eigenvalue weighted by Crippen LogP contribution is -2.50. The molecule has 0 atom stereocenters. The first kappa shape index (κ1) is 16.9. The Morgan fingerprint density at radius 3 is 2.48 bits per heavy atom. The molecule has 1 aromatic heterocycles. The van der Waals surface area contributed by atoms with E-state index in [4.69, 9.17) is 4.52 Å². The highest BCUT2D eigenvalue weighted by Crippen LogP contribution is 2.22. The van der Waals surface area contributed by atoms with Crippen molar-refractivity contribution < 1.29 is 18.5 Å². The molecule has 0 unspecified atom stereocenters. The standard InChI is InChI=1S/C17H19FN4O3/c1-11-9-16(20-25-11)19-17(24)22-7-5-21(6-8-22)15-4-3-13(12(2)23)10-14(15)18/h3-4,9-10H,5-8H2,1-2H3,(H,19,20,24). The van der Waals surface area contributed by atoms with Crippen LogP contribution in [0.3, 0.4) is 0 Å². The van der Waals surface area contributed by atoms with Gasteiger partial charge in [-0.05, 0) is 32.0 Å². The molecule has 2 aromatic rings. The molecule has 25 heavy (non-hydrogen) atoms. The van der Waals surface area contributed by atoms with E-state index in [1.165, 1.54) is 13.0 Å². The summed E-state index contributed by atoms with van der Waals surface area (Å²) in [5.74, 6) is 0.388. The predicted octanol–water partition coefficient (Wildman–Crippen LogP) is 2.68. The van der Waals surface area contributed by atoms with Gasteiger partial charge in [-0.3, -0.25) is 10.1 Å². The number of Topliss-reactive ketones (excluding diaryl/α,β-unsaturated/α-hetero) is 1. The van der Waals surface area contributed by atoms with Crippen LogP contribution < -0.4 is 10.2 Å². The van der Waals surface area contributed by atoms with E-state index in [9.17, 15) is 14.0 Å². The number of nitrogens with zero attached hydrogens (tertiary/aromatic N) is 3. The highest BCUT2D eigenvalue weighted by molar-refractivity contribution is 5.94. The van der Waals surface area contributed by atoms with E-state index in [1.807, 2.05) is 4.90 Å². The average molecular weight is 346 g/mol. The van der Waals surface area contributed by atoms with Gasteiger partial charge >= 0.3 is 6.03 Å². The summed E-state index contributed by atoms with van der Waals surface area (Å²) < 4.78 is 19.1. The number of nitrogens with one attached hydrogen (secondary N) is 1. The van der Waals surface area contributed by atoms with E-state index in [0.29, 0.717) is 49.0 Å². The Morgan fingerprint density at radius 1 is 1.20 bits per heavy atom. The zero-order valence-electron chi connectivity index (χ0n) is 14.1. The summed E-state index contributed by atoms with van der Waals surface area (Å²) in [4.78, 5) is 27.0. The minimum atomic E-state index is -0.427. The Kier molecular flexibility index (Phi) is 4.69. The molecule has 3 rings (SSSR count). The molecule has 7 nitrogen and oxygen atoms in total. The Hall–Kier alpha value is -2.90. The third-order valence-electron chi connectivity index (χ3n) is 4.12. The van der Waals surface area contributed by atoms with Crippen molar-refractivity contribution in [1.29, 1.82) is 0 Å². The number of urea groups is 1. The van der Waals surface area contributed by atoms with Crippen LogP contribution in [-0.4, -0.2) is 48.0 Å². The molecule has 2 heterocycles. The Balaban J connectivity index is 1.60. The number of ketones is 1. The van der Waals surface area contributed by atoms with E-state index in [1.54, 1.807) is 30.0 Å². The molecule has 8 heteroatoms. The van der Waals surface area contributed by atoms with Gasteiger partial charge in [0.2, 0.25) is 0 Å². The number of piperazine rings is 1. The topological polar surface area (TPSA) is 78.7 Å². The fraction of sp³-hybridized carbons (Fsp3) is 0.353. The fourth-order valence-electron chi connectivity index (χ4n) is 2.75. The molecular formula is C17H19FN4O3. The van der Waals surface area contributed by atoms with Gasteiger partial charge in [0, 0.05) is 37.8 Å². The summed E-state index contributed by atoms with van der Waals surface area (Å²) >= 11 is 0. The molecule has 1 aliphatic rings. The van der Waals surface area contributed by atoms with Crippen molar-refractivity contribution in [1.82, 2.24) is 10.1 Å². The number of hydrogen-bond acceptors (Lipinski definition) is 5. The maximum absolute atomic E-state index is 14.2. The molecule has 1 fully saturated rings. The lowest BCUT2D eigenvalue weighted by atomic mass is 10.1. The summed E-state index contributed by atoms with van der Waals surface area (Å²) in [6.45, 7) is 5.06. The first-order valence-electron chi connectivity index (χ1n) is 7.99. The van der Waals surface area contributed by atoms with Crippen molar-refractivity contribution in [3.05, 3.63) is 41.4 Å². The predicted molar refractivity (Wildman–Crippen MR) is 90.4 cm³/mol. The molecule has 1 N–H and O–H groups in total. The summed E-state index contributed by atoms with van der Waals surface area (Å²) in [6, 6.07) is 5.86. The summed E-state index contributed by atoms with van der Waals surface area (Å²) in [6.07, 6.45) is 0. The number of carbonyl (C=O) groups excluding carboxylic acids is 2. The van der Waals surface area contributed by atoms with Crippen molar-refractivity contribution in [2.24, 2.45) is 0 Å². The van der Waals surface area contributed by atoms with Crippen LogP contribution in [-0.2, 0) is 0 Å². The second kappa shape index (κ2) is 6.92. The molecule has 0 radical (unpaired) electrons. The van der Waals surface area contributed by atoms with E-state index < -0.39 is 5.82 Å². The Labute approximate surface area is 144 Å². The SMILES string of the molecule is CC(=O)c1ccc(N2CCN(C(=O)Nc3cc(C)on3)CC2)c(F)c1. The van der Waals surface area contributed by atoms with Crippen LogP contribution in [0.15, 0.2) is 28.8 Å². The van der Waals surface area contributed by atoms with Crippen LogP contribution in [0.2, 0.25) is 0 Å². The molecule has 0 aliphatic carbocycles. The molecule has 1 aliphatic heterocycles. The number of halogens is 1. The smallest absolute Gasteiger partial charge is 0.323 e. The quantitative estimate of drug-likeness (QED) is 0.865. The van der Waals surface area contributed by atoms with Gasteiger partial charge in [0.05, 0.1) is 5.69 Å². The fourth-order valence-corrected chi connectivity index (χ4v) is 2.75. The molecule has 1 aromatic carbocycles. The minimum absolute atomic E-state index is 0.171. The third-order valence-corrected chi connectivity index (χ3v) is 4.12. The minimum Gasteiger partial charge on any atom is -0.366 e. The van der Waals surface area contributed by atoms with Crippen molar-refractivity contribution in [3.8, 4) is 0 Å². The van der Waals surface area contributed by atoms with E-state index in [0.717, 1.165) is 0 Å². The lowest BCUT2D eigenvalue weighted by molar-refractivity contribution is 0.101. The van der Waals surface area contributed by atoms with E-state index in [2.05, 4.69) is 10.5 Å². The average Bonchev–Trinajstić information content (AvgIpc) is 2.99. The molecular weight excluding hydrogens is 327 g/mol. The summed E-state index contributed by atoms with van der Waals surface area (Å²) in [5, 5.41) is 6.40. The second-order valence-electron chi connectivity index (χ2n) is 5.95. The molecule has 132 valence electrons. The van der Waals surface area contributed by atoms with Crippen LogP contribution in [0.5, 0.6) is 0 Å². The Bertz CT molecular complexity index is 797. The van der Waals surface area contributed by atoms with Crippen LogP contribution in [0.4, 0.5) is 20.7 Å². The number of amides is 2. The first-order chi connectivity index (χ1) is 11.9. The van der Waals surface area contributed by atoms with Crippen molar-refractivity contribution in [2.45, 2.75) is 13.8 Å². The van der Waals surface area contributed by atoms with Crippen LogP contribution in [0.1, 0.15) is 23.0 Å². The number of carbonyl (C=O) groups is 2. The maximum atomic E-state index is 14.2. The first-order valence-corrected chi connectivity index (χ1v) is 7.99. The van der Waals surface area contributed by atoms with E-state index in [-0.39, 0.29) is 11.8 Å². The number of benzene rings is 1. The zero-order chi connectivity index (χ0) is 18.0. The maximum Gasteiger partial charge on any atom is 0.323 e. The zero-order valence-corrected chi connectivity index (χ0v) is 14.1. The number of aromatic nitrogens is 1. The van der Waals surface area contributed by atoms with Crippen LogP contribution in [0, 0.1) is 12.7 Å². The van der Waals surface area contributed by atoms with Crippen LogP contribution in [0.25, 0.3) is 0 Å². The number of hydrogen-bond donors (Lipinski definition) is 1. The van der Waals surface area contributed by atoms with Crippen molar-refractivity contribution >= 4 is 23.3 Å². The molecule has 1 saturated heterocycles. The summed E-state index contributed by atoms with van der Waals surface area (Å²) in [7, 11) is 0. The largest absolute Gasteiger partial charge is 0.366 e. The van der Waals surface area contributed by atoms with Gasteiger partial charge in [-0.25, -0.2) is 9.18 Å². The normalized spacial score (nSPS) is 14.5. The number of aryl methyl sites for hydroxylation is 1. The molecule has 0 saturated carbocycles. The van der Waals surface area contributed by atoms with E-state index >= 15 is 0 Å². The van der Waals surface area contributed by atoms with Gasteiger partial charge in [0.15, 0.2) is 11.6 Å². The van der Waals surface area contributed by atoms with Crippen molar-refractivity contribution in [2.75, 3.05) is 36.4 Å². The monoisotopic (exact) mass is 346 g/mol. The molecule has 0 spiro atoms. The van der Waals surface area contributed by atoms with Crippen molar-refractivity contribution in [3.63, 3.8) is 0 Å². The summed E-state index contributed by atoms with van der Waals surface area (Å²) in [5.41, 5.74) is 0.791. The molecule has 2 amide bonds. The lowest BCUT2D eigenvalue weighted by Gasteiger charge is -2.36. The third kappa shape index (κ3) is 3.78. The van der Waals surface area contributed by atoms with Crippen LogP contribution >= 0.6 is 0 Å². The van der Waals surface area contributed by atoms with Gasteiger partial charge < -0.3 is 14.3 Å². The van der Waals surface area contributed by atoms with Gasteiger partial charge in [0.1, 0.15) is 11.6 Å². The van der Waals surface area contributed by atoms with Gasteiger partial charge in [-0.2, -0.15) is 0 Å². The molecule has 0 bridgehead atoms. The highest BCUT2D eigenvalue weighted by atomic mass is 19.1. The van der Waals surface area contributed by atoms with Gasteiger partial charge in [0.25, 0.3) is 0 Å². The van der Waals surface area contributed by atoms with Gasteiger partial charge in [-0.15, -0.1) is 0 Å². The van der Waals surface area contributed by atoms with Gasteiger partial charge in [-0.1, -0.05) is 5.16 Å². The number of rotatable bonds is 3. The second-order valence-corrected chi connectivity index (χ2v) is 5.95. The number of anilines is 2.